The molecule has 15 heavy (non-hydrogen) atoms. The highest BCUT2D eigenvalue weighted by molar-refractivity contribution is 7.90. The molecule has 7 nitrogen and oxygen atoms in total. The lowest BCUT2D eigenvalue weighted by Crippen LogP contribution is -2.21. The van der Waals surface area contributed by atoms with Gasteiger partial charge in [0.25, 0.3) is 0 Å². The van der Waals surface area contributed by atoms with Crippen LogP contribution in [0.3, 0.4) is 0 Å². The van der Waals surface area contributed by atoms with Crippen LogP contribution in [0.4, 0.5) is 0 Å². The summed E-state index contributed by atoms with van der Waals surface area (Å²) in [5.41, 5.74) is 5.35. The van der Waals surface area contributed by atoms with Crippen molar-refractivity contribution in [2.75, 3.05) is 12.0 Å². The average molecular weight is 232 g/mol. The van der Waals surface area contributed by atoms with E-state index in [1.807, 2.05) is 0 Å². The molecular formula is C7H12N4O3S. The van der Waals surface area contributed by atoms with E-state index in [1.54, 1.807) is 6.20 Å². The van der Waals surface area contributed by atoms with Crippen molar-refractivity contribution >= 4 is 15.7 Å². The van der Waals surface area contributed by atoms with Crippen LogP contribution in [0.5, 0.6) is 0 Å². The maximum absolute atomic E-state index is 10.9. The second-order valence-electron chi connectivity index (χ2n) is 3.06. The minimum Gasteiger partial charge on any atom is -0.409 e. The molecule has 0 aliphatic rings. The number of amidine groups is 1. The van der Waals surface area contributed by atoms with E-state index in [0.717, 1.165) is 6.26 Å². The Hall–Kier alpha value is -1.57. The fourth-order valence-electron chi connectivity index (χ4n) is 1.03. The Morgan fingerprint density at radius 2 is 2.40 bits per heavy atom. The van der Waals surface area contributed by atoms with Gasteiger partial charge < -0.3 is 15.5 Å². The molecule has 84 valence electrons. The first-order valence-electron chi connectivity index (χ1n) is 4.11. The van der Waals surface area contributed by atoms with Crippen molar-refractivity contribution in [3.05, 3.63) is 18.2 Å². The molecule has 0 amide bonds. The van der Waals surface area contributed by atoms with E-state index in [1.165, 1.54) is 10.8 Å². The van der Waals surface area contributed by atoms with Crippen LogP contribution in [0.1, 0.15) is 5.82 Å². The Morgan fingerprint density at radius 3 is 2.93 bits per heavy atom. The number of aromatic nitrogens is 2. The largest absolute Gasteiger partial charge is 0.409 e. The lowest BCUT2D eigenvalue weighted by atomic mass is 10.5. The lowest BCUT2D eigenvalue weighted by molar-refractivity contribution is 0.318. The highest BCUT2D eigenvalue weighted by Crippen LogP contribution is 1.98. The van der Waals surface area contributed by atoms with Gasteiger partial charge in [-0.15, -0.1) is 0 Å². The molecule has 0 unspecified atom stereocenters. The number of oxime groups is 1. The van der Waals surface area contributed by atoms with Crippen LogP contribution in [0.25, 0.3) is 0 Å². The molecule has 1 heterocycles. The van der Waals surface area contributed by atoms with Crippen LogP contribution in [0, 0.1) is 0 Å². The molecule has 0 radical (unpaired) electrons. The van der Waals surface area contributed by atoms with Gasteiger partial charge in [0.1, 0.15) is 9.84 Å². The molecule has 0 aromatic carbocycles. The normalized spacial score (nSPS) is 13.0. The zero-order valence-corrected chi connectivity index (χ0v) is 8.98. The fraction of sp³-hybridized carbons (Fsp3) is 0.429. The quantitative estimate of drug-likeness (QED) is 0.300. The number of rotatable bonds is 4. The van der Waals surface area contributed by atoms with Crippen molar-refractivity contribution in [3.8, 4) is 0 Å². The highest BCUT2D eigenvalue weighted by atomic mass is 32.2. The number of nitrogens with two attached hydrogens (primary N) is 1. The number of nitrogens with zero attached hydrogens (tertiary/aromatic N) is 3. The predicted octanol–water partition coefficient (Wildman–Crippen LogP) is -0.978. The van der Waals surface area contributed by atoms with Crippen LogP contribution >= 0.6 is 0 Å². The van der Waals surface area contributed by atoms with Crippen molar-refractivity contribution in [1.82, 2.24) is 9.55 Å². The lowest BCUT2D eigenvalue weighted by Gasteiger charge is -2.04. The first kappa shape index (κ1) is 11.5. The third-order valence-electron chi connectivity index (χ3n) is 1.76. The Labute approximate surface area is 87.1 Å². The van der Waals surface area contributed by atoms with Crippen molar-refractivity contribution < 1.29 is 13.6 Å². The summed E-state index contributed by atoms with van der Waals surface area (Å²) in [6, 6.07) is 0. The maximum Gasteiger partial charge on any atom is 0.206 e. The number of hydrogen-bond donors (Lipinski definition) is 2. The topological polar surface area (TPSA) is 111 Å². The van der Waals surface area contributed by atoms with E-state index in [2.05, 4.69) is 10.1 Å². The summed E-state index contributed by atoms with van der Waals surface area (Å²) in [5, 5.41) is 11.2. The Kier molecular flexibility index (Phi) is 3.30. The van der Waals surface area contributed by atoms with Crippen molar-refractivity contribution in [1.29, 1.82) is 0 Å². The van der Waals surface area contributed by atoms with E-state index in [4.69, 9.17) is 10.9 Å². The maximum atomic E-state index is 10.9. The van der Waals surface area contributed by atoms with E-state index in [9.17, 15) is 8.42 Å². The third-order valence-corrected chi connectivity index (χ3v) is 2.68. The van der Waals surface area contributed by atoms with Crippen LogP contribution in [-0.4, -0.2) is 41.0 Å². The molecule has 1 rings (SSSR count). The molecule has 0 bridgehead atoms. The summed E-state index contributed by atoms with van der Waals surface area (Å²) < 4.78 is 23.4. The molecule has 0 atom stereocenters. The van der Waals surface area contributed by atoms with Gasteiger partial charge in [0.05, 0.1) is 5.75 Å². The molecule has 1 aromatic heterocycles. The summed E-state index contributed by atoms with van der Waals surface area (Å²) in [5.74, 6) is 0.0874. The third kappa shape index (κ3) is 3.24. The van der Waals surface area contributed by atoms with Gasteiger partial charge in [-0.25, -0.2) is 13.4 Å². The van der Waals surface area contributed by atoms with Gasteiger partial charge in [0, 0.05) is 25.2 Å². The molecule has 8 heteroatoms. The zero-order chi connectivity index (χ0) is 11.5. The minimum atomic E-state index is -3.04. The van der Waals surface area contributed by atoms with Gasteiger partial charge in [-0.2, -0.15) is 0 Å². The van der Waals surface area contributed by atoms with E-state index in [0.29, 0.717) is 0 Å². The van der Waals surface area contributed by atoms with E-state index < -0.39 is 9.84 Å². The van der Waals surface area contributed by atoms with Crippen molar-refractivity contribution in [2.45, 2.75) is 6.54 Å². The smallest absolute Gasteiger partial charge is 0.206 e. The van der Waals surface area contributed by atoms with Gasteiger partial charge >= 0.3 is 0 Å². The summed E-state index contributed by atoms with van der Waals surface area (Å²) in [6.07, 6.45) is 4.17. The second-order valence-corrected chi connectivity index (χ2v) is 5.32. The summed E-state index contributed by atoms with van der Waals surface area (Å²) in [6.45, 7) is 0.227. The van der Waals surface area contributed by atoms with Crippen LogP contribution in [0.2, 0.25) is 0 Å². The van der Waals surface area contributed by atoms with Crippen molar-refractivity contribution in [3.63, 3.8) is 0 Å². The second kappa shape index (κ2) is 4.30. The van der Waals surface area contributed by atoms with Gasteiger partial charge in [-0.05, 0) is 0 Å². The van der Waals surface area contributed by atoms with Crippen LogP contribution in [0.15, 0.2) is 17.5 Å². The molecule has 3 N–H and O–H groups in total. The first-order chi connectivity index (χ1) is 6.94. The molecular weight excluding hydrogens is 220 g/mol. The summed E-state index contributed by atoms with van der Waals surface area (Å²) in [4.78, 5) is 3.84. The Balaban J connectivity index is 2.83. The van der Waals surface area contributed by atoms with E-state index in [-0.39, 0.29) is 24.0 Å². The number of hydrogen-bond acceptors (Lipinski definition) is 5. The fourth-order valence-corrected chi connectivity index (χ4v) is 1.56. The first-order valence-corrected chi connectivity index (χ1v) is 6.17. The van der Waals surface area contributed by atoms with Crippen molar-refractivity contribution in [2.24, 2.45) is 10.9 Å². The van der Waals surface area contributed by atoms with Gasteiger partial charge in [-0.1, -0.05) is 5.16 Å². The number of imidazole rings is 1. The number of sulfone groups is 1. The van der Waals surface area contributed by atoms with Gasteiger partial charge in [-0.3, -0.25) is 0 Å². The van der Waals surface area contributed by atoms with Gasteiger partial charge in [0.2, 0.25) is 5.84 Å². The minimum absolute atomic E-state index is 0.0188. The van der Waals surface area contributed by atoms with Gasteiger partial charge in [0.15, 0.2) is 5.82 Å². The highest BCUT2D eigenvalue weighted by Gasteiger charge is 2.09. The summed E-state index contributed by atoms with van der Waals surface area (Å²) in [7, 11) is -3.04. The zero-order valence-electron chi connectivity index (χ0n) is 8.16. The molecule has 0 fully saturated rings. The molecule has 1 aromatic rings. The predicted molar refractivity (Wildman–Crippen MR) is 54.4 cm³/mol. The average Bonchev–Trinajstić information content (AvgIpc) is 2.60. The molecule has 0 aliphatic heterocycles. The SMILES string of the molecule is CS(=O)(=O)CCn1ccnc1C(N)=NO. The number of aryl methyl sites for hydroxylation is 1. The molecule has 0 spiro atoms. The molecule has 0 aliphatic carbocycles. The molecule has 0 saturated carbocycles. The van der Waals surface area contributed by atoms with Crippen LogP contribution < -0.4 is 5.73 Å². The molecule has 0 saturated heterocycles. The Bertz CT molecular complexity index is 462. The van der Waals surface area contributed by atoms with E-state index >= 15 is 0 Å². The summed E-state index contributed by atoms with van der Waals surface area (Å²) >= 11 is 0. The standard InChI is InChI=1S/C7H12N4O3S/c1-15(13,14)5-4-11-3-2-9-7(11)6(8)10-12/h2-3,12H,4-5H2,1H3,(H2,8,10). The Morgan fingerprint density at radius 1 is 1.73 bits per heavy atom. The monoisotopic (exact) mass is 232 g/mol. The van der Waals surface area contributed by atoms with Crippen LogP contribution in [-0.2, 0) is 16.4 Å².